The first-order valence-corrected chi connectivity index (χ1v) is 9.12. The van der Waals surface area contributed by atoms with Crippen molar-refractivity contribution in [3.8, 4) is 5.75 Å². The number of halogens is 2. The van der Waals surface area contributed by atoms with Gasteiger partial charge in [0.05, 0.1) is 13.2 Å². The van der Waals surface area contributed by atoms with E-state index in [1.54, 1.807) is 13.2 Å². The van der Waals surface area contributed by atoms with Crippen LogP contribution in [-0.4, -0.2) is 23.1 Å². The van der Waals surface area contributed by atoms with E-state index in [1.165, 1.54) is 11.8 Å². The lowest BCUT2D eigenvalue weighted by atomic mass is 10.0. The fourth-order valence-corrected chi connectivity index (χ4v) is 3.85. The quantitative estimate of drug-likeness (QED) is 0.660. The lowest BCUT2D eigenvalue weighted by molar-refractivity contribution is 0.217. The van der Waals surface area contributed by atoms with Gasteiger partial charge in [-0.25, -0.2) is 8.78 Å². The van der Waals surface area contributed by atoms with Gasteiger partial charge in [0.15, 0.2) is 0 Å². The minimum atomic E-state index is -0.548. The summed E-state index contributed by atoms with van der Waals surface area (Å²) in [5.74, 6) is -0.241. The molecule has 2 heterocycles. The highest BCUT2D eigenvalue weighted by Gasteiger charge is 2.28. The molecule has 0 bridgehead atoms. The zero-order valence-electron chi connectivity index (χ0n) is 15.2. The zero-order chi connectivity index (χ0) is 18.8. The summed E-state index contributed by atoms with van der Waals surface area (Å²) in [5.41, 5.74) is 2.82. The number of methoxy groups -OCH3 is 1. The second kappa shape index (κ2) is 7.53. The Hall–Kier alpha value is -2.66. The Morgan fingerprint density at radius 2 is 1.85 bits per heavy atom. The lowest BCUT2D eigenvalue weighted by Gasteiger charge is -2.31. The lowest BCUT2D eigenvalue weighted by Crippen LogP contribution is -2.29. The summed E-state index contributed by atoms with van der Waals surface area (Å²) in [4.78, 5) is 2.26. The Bertz CT molecular complexity index is 920. The minimum Gasteiger partial charge on any atom is -0.497 e. The van der Waals surface area contributed by atoms with Crippen molar-refractivity contribution in [1.82, 2.24) is 9.47 Å². The molecule has 3 nitrogen and oxygen atoms in total. The van der Waals surface area contributed by atoms with Gasteiger partial charge in [0.1, 0.15) is 17.4 Å². The fourth-order valence-electron chi connectivity index (χ4n) is 3.85. The highest BCUT2D eigenvalue weighted by atomic mass is 19.1. The van der Waals surface area contributed by atoms with Crippen molar-refractivity contribution in [2.75, 3.05) is 13.7 Å². The number of benzene rings is 2. The van der Waals surface area contributed by atoms with Crippen LogP contribution in [0.4, 0.5) is 8.78 Å². The molecule has 0 amide bonds. The van der Waals surface area contributed by atoms with Crippen LogP contribution in [0.5, 0.6) is 5.75 Å². The second-order valence-electron chi connectivity index (χ2n) is 6.86. The fraction of sp³-hybridized carbons (Fsp3) is 0.273. The van der Waals surface area contributed by atoms with Gasteiger partial charge in [-0.1, -0.05) is 18.2 Å². The van der Waals surface area contributed by atoms with Crippen LogP contribution in [0, 0.1) is 11.6 Å². The summed E-state index contributed by atoms with van der Waals surface area (Å²) in [5, 5.41) is 0. The number of ether oxygens (including phenoxy) is 1. The van der Waals surface area contributed by atoms with E-state index in [0.29, 0.717) is 12.1 Å². The molecular formula is C22H22F2N2O. The summed E-state index contributed by atoms with van der Waals surface area (Å²) in [6, 6.07) is 16.0. The first-order chi connectivity index (χ1) is 13.2. The van der Waals surface area contributed by atoms with Crippen molar-refractivity contribution < 1.29 is 13.5 Å². The first kappa shape index (κ1) is 17.7. The normalized spacial score (nSPS) is 17.4. The molecule has 1 aliphatic rings. The average Bonchev–Trinajstić information content (AvgIpc) is 3.05. The molecule has 2 aromatic carbocycles. The van der Waals surface area contributed by atoms with Gasteiger partial charge in [-0.2, -0.15) is 0 Å². The Labute approximate surface area is 157 Å². The Morgan fingerprint density at radius 1 is 1.04 bits per heavy atom. The molecule has 0 fully saturated rings. The largest absolute Gasteiger partial charge is 0.497 e. The third kappa shape index (κ3) is 3.60. The van der Waals surface area contributed by atoms with E-state index in [0.717, 1.165) is 36.9 Å². The van der Waals surface area contributed by atoms with E-state index in [-0.39, 0.29) is 6.04 Å². The van der Waals surface area contributed by atoms with E-state index >= 15 is 0 Å². The maximum Gasteiger partial charge on any atom is 0.130 e. The van der Waals surface area contributed by atoms with Crippen LogP contribution in [0.1, 0.15) is 29.3 Å². The molecule has 0 radical (unpaired) electrons. The molecule has 0 spiro atoms. The number of nitrogens with zero attached hydrogens (tertiary/aromatic N) is 2. The van der Waals surface area contributed by atoms with Gasteiger partial charge in [-0.05, 0) is 42.3 Å². The summed E-state index contributed by atoms with van der Waals surface area (Å²) in [7, 11) is 1.65. The zero-order valence-corrected chi connectivity index (χ0v) is 15.2. The van der Waals surface area contributed by atoms with E-state index in [1.807, 2.05) is 18.2 Å². The Kier molecular flexibility index (Phi) is 4.94. The molecule has 5 heteroatoms. The summed E-state index contributed by atoms with van der Waals surface area (Å²) >= 11 is 0. The van der Waals surface area contributed by atoms with E-state index < -0.39 is 11.6 Å². The average molecular weight is 368 g/mol. The molecule has 0 saturated heterocycles. The second-order valence-corrected chi connectivity index (χ2v) is 6.86. The van der Waals surface area contributed by atoms with Crippen molar-refractivity contribution in [1.29, 1.82) is 0 Å². The predicted molar refractivity (Wildman–Crippen MR) is 101 cm³/mol. The number of hydrogen-bond donors (Lipinski definition) is 0. The number of fused-ring (bicyclic) bond motifs is 1. The number of rotatable bonds is 4. The van der Waals surface area contributed by atoms with Crippen LogP contribution in [-0.2, 0) is 13.1 Å². The molecule has 1 atom stereocenters. The van der Waals surface area contributed by atoms with Crippen molar-refractivity contribution in [3.63, 3.8) is 0 Å². The molecule has 0 N–H and O–H groups in total. The molecule has 0 unspecified atom stereocenters. The number of hydrogen-bond acceptors (Lipinski definition) is 2. The van der Waals surface area contributed by atoms with Crippen LogP contribution in [0.25, 0.3) is 0 Å². The van der Waals surface area contributed by atoms with Crippen molar-refractivity contribution in [3.05, 3.63) is 89.2 Å². The Morgan fingerprint density at radius 3 is 2.59 bits per heavy atom. The van der Waals surface area contributed by atoms with Gasteiger partial charge < -0.3 is 9.30 Å². The highest BCUT2D eigenvalue weighted by Crippen LogP contribution is 2.34. The summed E-state index contributed by atoms with van der Waals surface area (Å²) < 4.78 is 35.1. The van der Waals surface area contributed by atoms with Crippen molar-refractivity contribution in [2.24, 2.45) is 0 Å². The summed E-state index contributed by atoms with van der Waals surface area (Å²) in [6.45, 7) is 2.18. The minimum absolute atomic E-state index is 0.00198. The maximum absolute atomic E-state index is 14.3. The SMILES string of the molecule is COc1ccc([C@H]2c3cccn3CCCN2Cc2ccc(F)cc2F)cc1. The van der Waals surface area contributed by atoms with Gasteiger partial charge in [0.2, 0.25) is 0 Å². The molecular weight excluding hydrogens is 346 g/mol. The van der Waals surface area contributed by atoms with E-state index in [2.05, 4.69) is 33.9 Å². The van der Waals surface area contributed by atoms with Crippen LogP contribution in [0.15, 0.2) is 60.8 Å². The number of aromatic nitrogens is 1. The number of aryl methyl sites for hydroxylation is 1. The topological polar surface area (TPSA) is 17.4 Å². The molecule has 140 valence electrons. The third-order valence-electron chi connectivity index (χ3n) is 5.17. The molecule has 1 aromatic heterocycles. The Balaban J connectivity index is 1.73. The molecule has 0 saturated carbocycles. The van der Waals surface area contributed by atoms with Crippen molar-refractivity contribution >= 4 is 0 Å². The smallest absolute Gasteiger partial charge is 0.130 e. The van der Waals surface area contributed by atoms with Crippen LogP contribution in [0.3, 0.4) is 0 Å². The first-order valence-electron chi connectivity index (χ1n) is 9.12. The van der Waals surface area contributed by atoms with Gasteiger partial charge in [-0.3, -0.25) is 4.90 Å². The molecule has 3 aromatic rings. The van der Waals surface area contributed by atoms with Gasteiger partial charge in [0.25, 0.3) is 0 Å². The van der Waals surface area contributed by atoms with Crippen molar-refractivity contribution in [2.45, 2.75) is 25.6 Å². The molecule has 27 heavy (non-hydrogen) atoms. The van der Waals surface area contributed by atoms with Gasteiger partial charge in [0, 0.05) is 43.2 Å². The standard InChI is InChI=1S/C22H22F2N2O/c1-27-19-9-6-16(7-10-19)22-21-4-2-11-25(21)12-3-13-26(22)15-17-5-8-18(23)14-20(17)24/h2,4-11,14,22H,3,12-13,15H2,1H3/t22-/m0/s1. The molecule has 0 aliphatic carbocycles. The summed E-state index contributed by atoms with van der Waals surface area (Å²) in [6.07, 6.45) is 3.06. The molecule has 1 aliphatic heterocycles. The highest BCUT2D eigenvalue weighted by molar-refractivity contribution is 5.34. The monoisotopic (exact) mass is 368 g/mol. The molecule has 4 rings (SSSR count). The van der Waals surface area contributed by atoms with Crippen LogP contribution in [0.2, 0.25) is 0 Å². The van der Waals surface area contributed by atoms with Gasteiger partial charge in [-0.15, -0.1) is 0 Å². The van der Waals surface area contributed by atoms with Crippen LogP contribution < -0.4 is 4.74 Å². The third-order valence-corrected chi connectivity index (χ3v) is 5.17. The van der Waals surface area contributed by atoms with Crippen LogP contribution >= 0.6 is 0 Å². The van der Waals surface area contributed by atoms with E-state index in [4.69, 9.17) is 4.74 Å². The maximum atomic E-state index is 14.3. The van der Waals surface area contributed by atoms with E-state index in [9.17, 15) is 8.78 Å². The predicted octanol–water partition coefficient (Wildman–Crippen LogP) is 4.77. The van der Waals surface area contributed by atoms with Gasteiger partial charge >= 0.3 is 0 Å².